The zero-order valence-corrected chi connectivity index (χ0v) is 4.81. The minimum absolute atomic E-state index is 0.557. The zero-order chi connectivity index (χ0) is 5.98. The molecule has 1 aliphatic rings. The van der Waals surface area contributed by atoms with Gasteiger partial charge in [0.2, 0.25) is 0 Å². The fourth-order valence-corrected chi connectivity index (χ4v) is 1.07. The first-order chi connectivity index (χ1) is 3.80. The summed E-state index contributed by atoms with van der Waals surface area (Å²) in [5.41, 5.74) is 0. The highest BCUT2D eigenvalue weighted by molar-refractivity contribution is 4.72. The van der Waals surface area contributed by atoms with Crippen LogP contribution in [0.1, 0.15) is 25.7 Å². The third kappa shape index (κ3) is 1.19. The number of hydrogen-bond donors (Lipinski definition) is 1. The molecule has 1 fully saturated rings. The van der Waals surface area contributed by atoms with E-state index < -0.39 is 12.3 Å². The van der Waals surface area contributed by atoms with Gasteiger partial charge in [-0.1, -0.05) is 12.8 Å². The minimum Gasteiger partial charge on any atom is -0.390 e. The summed E-state index contributed by atoms with van der Waals surface area (Å²) < 4.78 is 12.3. The van der Waals surface area contributed by atoms with Crippen LogP contribution in [0.3, 0.4) is 0 Å². The monoisotopic (exact) mass is 118 g/mol. The molecule has 8 heavy (non-hydrogen) atoms. The molecule has 0 radical (unpaired) electrons. The van der Waals surface area contributed by atoms with Gasteiger partial charge in [-0.25, -0.2) is 4.39 Å². The standard InChI is InChI=1S/C6H11FO/c7-5-3-1-2-4-6(5)8/h5-6,8H,1-4H2. The highest BCUT2D eigenvalue weighted by Crippen LogP contribution is 2.20. The van der Waals surface area contributed by atoms with Crippen molar-refractivity contribution < 1.29 is 9.50 Å². The molecule has 1 saturated carbocycles. The van der Waals surface area contributed by atoms with Gasteiger partial charge < -0.3 is 5.11 Å². The van der Waals surface area contributed by atoms with Crippen LogP contribution in [0.4, 0.5) is 4.39 Å². The second-order valence-electron chi connectivity index (χ2n) is 2.37. The highest BCUT2D eigenvalue weighted by atomic mass is 19.1. The number of hydrogen-bond acceptors (Lipinski definition) is 1. The largest absolute Gasteiger partial charge is 0.390 e. The van der Waals surface area contributed by atoms with Gasteiger partial charge in [-0.05, 0) is 12.8 Å². The summed E-state index contributed by atoms with van der Waals surface area (Å²) in [6.45, 7) is 0. The van der Waals surface area contributed by atoms with Gasteiger partial charge in [0.1, 0.15) is 6.17 Å². The normalized spacial score (nSPS) is 39.8. The molecule has 0 heterocycles. The average molecular weight is 118 g/mol. The summed E-state index contributed by atoms with van der Waals surface area (Å²) in [4.78, 5) is 0. The first kappa shape index (κ1) is 6.02. The van der Waals surface area contributed by atoms with E-state index in [0.29, 0.717) is 12.8 Å². The number of halogens is 1. The molecule has 1 nitrogen and oxygen atoms in total. The number of aliphatic hydroxyl groups is 1. The molecule has 0 spiro atoms. The van der Waals surface area contributed by atoms with E-state index in [4.69, 9.17) is 5.11 Å². The molecular weight excluding hydrogens is 107 g/mol. The Labute approximate surface area is 48.5 Å². The van der Waals surface area contributed by atoms with Gasteiger partial charge >= 0.3 is 0 Å². The average Bonchev–Trinajstić information content (AvgIpc) is 1.77. The van der Waals surface area contributed by atoms with E-state index in [1.165, 1.54) is 0 Å². The Morgan fingerprint density at radius 3 is 2.25 bits per heavy atom. The first-order valence-electron chi connectivity index (χ1n) is 3.13. The van der Waals surface area contributed by atoms with Crippen molar-refractivity contribution in [2.24, 2.45) is 0 Å². The Morgan fingerprint density at radius 1 is 1.25 bits per heavy atom. The second-order valence-corrected chi connectivity index (χ2v) is 2.37. The lowest BCUT2D eigenvalue weighted by Crippen LogP contribution is -2.25. The maximum Gasteiger partial charge on any atom is 0.126 e. The molecule has 1 aliphatic carbocycles. The van der Waals surface area contributed by atoms with Gasteiger partial charge in [-0.2, -0.15) is 0 Å². The molecule has 0 bridgehead atoms. The summed E-state index contributed by atoms with van der Waals surface area (Å²) in [5.74, 6) is 0. The topological polar surface area (TPSA) is 20.2 Å². The van der Waals surface area contributed by atoms with Gasteiger partial charge in [0, 0.05) is 0 Å². The van der Waals surface area contributed by atoms with Crippen LogP contribution in [-0.2, 0) is 0 Å². The zero-order valence-electron chi connectivity index (χ0n) is 4.81. The van der Waals surface area contributed by atoms with Crippen LogP contribution in [0, 0.1) is 0 Å². The molecule has 0 aromatic heterocycles. The van der Waals surface area contributed by atoms with Crippen molar-refractivity contribution >= 4 is 0 Å². The molecule has 2 heteroatoms. The molecule has 0 aliphatic heterocycles. The Kier molecular flexibility index (Phi) is 1.84. The van der Waals surface area contributed by atoms with Crippen molar-refractivity contribution in [2.75, 3.05) is 0 Å². The van der Waals surface area contributed by atoms with E-state index in [1.54, 1.807) is 0 Å². The molecule has 48 valence electrons. The van der Waals surface area contributed by atoms with Crippen LogP contribution in [0.5, 0.6) is 0 Å². The smallest absolute Gasteiger partial charge is 0.126 e. The molecule has 1 rings (SSSR count). The van der Waals surface area contributed by atoms with Gasteiger partial charge in [0.05, 0.1) is 6.10 Å². The lowest BCUT2D eigenvalue weighted by molar-refractivity contribution is 0.0442. The van der Waals surface area contributed by atoms with Crippen LogP contribution in [-0.4, -0.2) is 17.4 Å². The Hall–Kier alpha value is -0.110. The third-order valence-electron chi connectivity index (χ3n) is 1.65. The van der Waals surface area contributed by atoms with E-state index in [2.05, 4.69) is 0 Å². The van der Waals surface area contributed by atoms with E-state index in [-0.39, 0.29) is 0 Å². The highest BCUT2D eigenvalue weighted by Gasteiger charge is 2.21. The van der Waals surface area contributed by atoms with Crippen molar-refractivity contribution in [3.63, 3.8) is 0 Å². The maximum atomic E-state index is 12.3. The van der Waals surface area contributed by atoms with Gasteiger partial charge in [0.15, 0.2) is 0 Å². The summed E-state index contributed by atoms with van der Waals surface area (Å²) in [7, 11) is 0. The number of rotatable bonds is 0. The Morgan fingerprint density at radius 2 is 1.88 bits per heavy atom. The van der Waals surface area contributed by atoms with Crippen LogP contribution < -0.4 is 0 Å². The Bertz CT molecular complexity index is 64.9. The number of alkyl halides is 1. The molecule has 0 amide bonds. The first-order valence-corrected chi connectivity index (χ1v) is 3.13. The van der Waals surface area contributed by atoms with E-state index in [0.717, 1.165) is 12.8 Å². The van der Waals surface area contributed by atoms with Crippen molar-refractivity contribution in [3.05, 3.63) is 0 Å². The number of aliphatic hydroxyl groups excluding tert-OH is 1. The van der Waals surface area contributed by atoms with Crippen molar-refractivity contribution in [1.29, 1.82) is 0 Å². The molecule has 2 unspecified atom stereocenters. The van der Waals surface area contributed by atoms with Crippen molar-refractivity contribution in [1.82, 2.24) is 0 Å². The maximum absolute atomic E-state index is 12.3. The van der Waals surface area contributed by atoms with Crippen LogP contribution in [0.2, 0.25) is 0 Å². The van der Waals surface area contributed by atoms with E-state index >= 15 is 0 Å². The summed E-state index contributed by atoms with van der Waals surface area (Å²) >= 11 is 0. The third-order valence-corrected chi connectivity index (χ3v) is 1.65. The quantitative estimate of drug-likeness (QED) is 0.507. The minimum atomic E-state index is -0.941. The summed E-state index contributed by atoms with van der Waals surface area (Å²) in [6.07, 6.45) is 1.54. The van der Waals surface area contributed by atoms with Crippen molar-refractivity contribution in [2.45, 2.75) is 38.0 Å². The molecule has 2 atom stereocenters. The van der Waals surface area contributed by atoms with Crippen molar-refractivity contribution in [3.8, 4) is 0 Å². The van der Waals surface area contributed by atoms with E-state index in [9.17, 15) is 4.39 Å². The predicted molar refractivity (Wildman–Crippen MR) is 29.4 cm³/mol. The second kappa shape index (κ2) is 2.44. The van der Waals surface area contributed by atoms with Gasteiger partial charge in [0.25, 0.3) is 0 Å². The lowest BCUT2D eigenvalue weighted by Gasteiger charge is -2.20. The predicted octanol–water partition coefficient (Wildman–Crippen LogP) is 1.26. The fraction of sp³-hybridized carbons (Fsp3) is 1.00. The molecule has 0 saturated heterocycles. The molecular formula is C6H11FO. The van der Waals surface area contributed by atoms with Gasteiger partial charge in [-0.3, -0.25) is 0 Å². The molecule has 1 N–H and O–H groups in total. The van der Waals surface area contributed by atoms with Crippen LogP contribution in [0.25, 0.3) is 0 Å². The van der Waals surface area contributed by atoms with Crippen LogP contribution >= 0.6 is 0 Å². The molecule has 0 aromatic rings. The lowest BCUT2D eigenvalue weighted by atomic mass is 9.96. The SMILES string of the molecule is OC1CCCCC1F. The van der Waals surface area contributed by atoms with Gasteiger partial charge in [-0.15, -0.1) is 0 Å². The fourth-order valence-electron chi connectivity index (χ4n) is 1.07. The van der Waals surface area contributed by atoms with Crippen LogP contribution in [0.15, 0.2) is 0 Å². The summed E-state index contributed by atoms with van der Waals surface area (Å²) in [5, 5.41) is 8.80. The van der Waals surface area contributed by atoms with E-state index in [1.807, 2.05) is 0 Å². The summed E-state index contributed by atoms with van der Waals surface area (Å²) in [6, 6.07) is 0. The Balaban J connectivity index is 2.28. The molecule has 0 aromatic carbocycles.